The summed E-state index contributed by atoms with van der Waals surface area (Å²) in [5.74, 6) is 1.55. The quantitative estimate of drug-likeness (QED) is 0.730. The van der Waals surface area contributed by atoms with Crippen molar-refractivity contribution in [3.63, 3.8) is 0 Å². The molecule has 1 heterocycles. The predicted molar refractivity (Wildman–Crippen MR) is 102 cm³/mol. The number of nitrogens with one attached hydrogen (secondary N) is 1. The van der Waals surface area contributed by atoms with Crippen molar-refractivity contribution in [1.82, 2.24) is 10.2 Å². The van der Waals surface area contributed by atoms with E-state index in [1.807, 2.05) is 25.1 Å². The zero-order valence-corrected chi connectivity index (χ0v) is 16.1. The minimum atomic E-state index is -0.397. The Morgan fingerprint density at radius 3 is 2.52 bits per heavy atom. The van der Waals surface area contributed by atoms with Crippen molar-refractivity contribution in [1.29, 1.82) is 0 Å². The van der Waals surface area contributed by atoms with Crippen molar-refractivity contribution in [3.8, 4) is 11.5 Å². The van der Waals surface area contributed by atoms with E-state index in [0.717, 1.165) is 56.0 Å². The monoisotopic (exact) mass is 371 g/mol. The smallest absolute Gasteiger partial charge is 0.237 e. The summed E-state index contributed by atoms with van der Waals surface area (Å²) in [6, 6.07) is 5.68. The van der Waals surface area contributed by atoms with Gasteiger partial charge < -0.3 is 20.5 Å². The van der Waals surface area contributed by atoms with Crippen LogP contribution < -0.4 is 20.5 Å². The first-order valence-corrected chi connectivity index (χ1v) is 8.56. The third kappa shape index (κ3) is 6.38. The van der Waals surface area contributed by atoms with Crippen molar-refractivity contribution in [2.45, 2.75) is 44.8 Å². The molecule has 2 atom stereocenters. The molecule has 1 aliphatic rings. The topological polar surface area (TPSA) is 76.8 Å². The van der Waals surface area contributed by atoms with E-state index >= 15 is 0 Å². The molecule has 1 fully saturated rings. The molecule has 0 radical (unpaired) electrons. The minimum absolute atomic E-state index is 0. The van der Waals surface area contributed by atoms with E-state index in [0.29, 0.717) is 0 Å². The standard InChI is InChI=1S/C18H29N3O3.ClH/c1-4-5-17(19)18(22)20-14-6-7-21(12-14)11-13-8-15(23-2)10-16(9-13)24-3;/h8-10,14,17H,4-7,11-12,19H2,1-3H3,(H,20,22);1H. The van der Waals surface area contributed by atoms with E-state index in [2.05, 4.69) is 10.2 Å². The van der Waals surface area contributed by atoms with Crippen molar-refractivity contribution >= 4 is 18.3 Å². The lowest BCUT2D eigenvalue weighted by Crippen LogP contribution is -2.46. The van der Waals surface area contributed by atoms with E-state index in [-0.39, 0.29) is 24.4 Å². The molecule has 1 aromatic rings. The number of hydrogen-bond acceptors (Lipinski definition) is 5. The van der Waals surface area contributed by atoms with E-state index in [1.54, 1.807) is 14.2 Å². The summed E-state index contributed by atoms with van der Waals surface area (Å²) < 4.78 is 10.6. The van der Waals surface area contributed by atoms with Gasteiger partial charge in [-0.3, -0.25) is 9.69 Å². The Kier molecular flexibility index (Phi) is 9.03. The fraction of sp³-hybridized carbons (Fsp3) is 0.611. The molecule has 7 heteroatoms. The number of carbonyl (C=O) groups excluding carboxylic acids is 1. The van der Waals surface area contributed by atoms with Crippen LogP contribution in [0.1, 0.15) is 31.7 Å². The first-order chi connectivity index (χ1) is 11.5. The summed E-state index contributed by atoms with van der Waals surface area (Å²) in [5, 5.41) is 3.07. The molecule has 0 aromatic heterocycles. The molecule has 3 N–H and O–H groups in total. The van der Waals surface area contributed by atoms with Crippen LogP contribution in [0.5, 0.6) is 11.5 Å². The van der Waals surface area contributed by atoms with Crippen molar-refractivity contribution < 1.29 is 14.3 Å². The van der Waals surface area contributed by atoms with Gasteiger partial charge in [-0.05, 0) is 30.5 Å². The number of benzene rings is 1. The summed E-state index contributed by atoms with van der Waals surface area (Å²) in [4.78, 5) is 14.4. The first-order valence-electron chi connectivity index (χ1n) is 8.56. The second kappa shape index (κ2) is 10.5. The van der Waals surface area contributed by atoms with Crippen molar-refractivity contribution in [3.05, 3.63) is 23.8 Å². The Morgan fingerprint density at radius 1 is 1.32 bits per heavy atom. The molecule has 0 aliphatic carbocycles. The maximum absolute atomic E-state index is 12.0. The lowest BCUT2D eigenvalue weighted by Gasteiger charge is -2.19. The number of methoxy groups -OCH3 is 2. The number of likely N-dealkylation sites (tertiary alicyclic amines) is 1. The molecule has 142 valence electrons. The fourth-order valence-electron chi connectivity index (χ4n) is 3.06. The maximum Gasteiger partial charge on any atom is 0.237 e. The van der Waals surface area contributed by atoms with Crippen molar-refractivity contribution in [2.24, 2.45) is 5.73 Å². The lowest BCUT2D eigenvalue weighted by atomic mass is 10.1. The highest BCUT2D eigenvalue weighted by Crippen LogP contribution is 2.24. The molecule has 0 spiro atoms. The molecule has 1 aromatic carbocycles. The molecule has 25 heavy (non-hydrogen) atoms. The summed E-state index contributed by atoms with van der Waals surface area (Å²) in [6.07, 6.45) is 2.60. The molecule has 1 amide bonds. The molecule has 6 nitrogen and oxygen atoms in total. The highest BCUT2D eigenvalue weighted by Gasteiger charge is 2.25. The van der Waals surface area contributed by atoms with Gasteiger partial charge >= 0.3 is 0 Å². The molecule has 0 bridgehead atoms. The summed E-state index contributed by atoms with van der Waals surface area (Å²) in [5.41, 5.74) is 7.01. The zero-order valence-electron chi connectivity index (χ0n) is 15.3. The van der Waals surface area contributed by atoms with Gasteiger partial charge in [-0.2, -0.15) is 0 Å². The summed E-state index contributed by atoms with van der Waals surface area (Å²) in [6.45, 7) is 4.63. The third-order valence-electron chi connectivity index (χ3n) is 4.37. The fourth-order valence-corrected chi connectivity index (χ4v) is 3.06. The second-order valence-corrected chi connectivity index (χ2v) is 6.35. The van der Waals surface area contributed by atoms with Crippen LogP contribution in [0, 0.1) is 0 Å². The van der Waals surface area contributed by atoms with Gasteiger partial charge in [-0.1, -0.05) is 13.3 Å². The third-order valence-corrected chi connectivity index (χ3v) is 4.37. The average Bonchev–Trinajstić information content (AvgIpc) is 3.01. The van der Waals surface area contributed by atoms with Gasteiger partial charge in [0.05, 0.1) is 20.3 Å². The molecule has 0 saturated carbocycles. The number of hydrogen-bond donors (Lipinski definition) is 2. The number of rotatable bonds is 8. The highest BCUT2D eigenvalue weighted by molar-refractivity contribution is 5.85. The van der Waals surface area contributed by atoms with Gasteiger partial charge in [0.25, 0.3) is 0 Å². The molecule has 2 rings (SSSR count). The predicted octanol–water partition coefficient (Wildman–Crippen LogP) is 1.94. The van der Waals surface area contributed by atoms with E-state index < -0.39 is 6.04 Å². The largest absolute Gasteiger partial charge is 0.497 e. The summed E-state index contributed by atoms with van der Waals surface area (Å²) in [7, 11) is 3.30. The van der Waals surface area contributed by atoms with E-state index in [1.165, 1.54) is 0 Å². The van der Waals surface area contributed by atoms with Gasteiger partial charge in [-0.25, -0.2) is 0 Å². The number of ether oxygens (including phenoxy) is 2. The Labute approximate surface area is 156 Å². The number of carbonyl (C=O) groups is 1. The van der Waals surface area contributed by atoms with Crippen LogP contribution in [0.25, 0.3) is 0 Å². The van der Waals surface area contributed by atoms with Gasteiger partial charge in [0.1, 0.15) is 11.5 Å². The van der Waals surface area contributed by atoms with Crippen LogP contribution in [-0.2, 0) is 11.3 Å². The zero-order chi connectivity index (χ0) is 17.5. The van der Waals surface area contributed by atoms with Crippen LogP contribution in [0.3, 0.4) is 0 Å². The average molecular weight is 372 g/mol. The molecular formula is C18H30ClN3O3. The summed E-state index contributed by atoms with van der Waals surface area (Å²) >= 11 is 0. The van der Waals surface area contributed by atoms with Gasteiger partial charge in [-0.15, -0.1) is 12.4 Å². The Bertz CT molecular complexity index is 534. The van der Waals surface area contributed by atoms with Gasteiger partial charge in [0.15, 0.2) is 0 Å². The molecule has 1 aliphatic heterocycles. The normalized spacial score (nSPS) is 18.3. The van der Waals surface area contributed by atoms with Crippen LogP contribution >= 0.6 is 12.4 Å². The van der Waals surface area contributed by atoms with Crippen LogP contribution in [0.2, 0.25) is 0 Å². The number of amides is 1. The molecule has 1 saturated heterocycles. The second-order valence-electron chi connectivity index (χ2n) is 6.35. The van der Waals surface area contributed by atoms with E-state index in [4.69, 9.17) is 15.2 Å². The number of halogens is 1. The Morgan fingerprint density at radius 2 is 1.96 bits per heavy atom. The van der Waals surface area contributed by atoms with Gasteiger partial charge in [0.2, 0.25) is 5.91 Å². The number of nitrogens with zero attached hydrogens (tertiary/aromatic N) is 1. The minimum Gasteiger partial charge on any atom is -0.497 e. The van der Waals surface area contributed by atoms with E-state index in [9.17, 15) is 4.79 Å². The SMILES string of the molecule is CCCC(N)C(=O)NC1CCN(Cc2cc(OC)cc(OC)c2)C1.Cl. The molecule has 2 unspecified atom stereocenters. The van der Waals surface area contributed by atoms with Gasteiger partial charge in [0, 0.05) is 31.7 Å². The van der Waals surface area contributed by atoms with Crippen LogP contribution in [0.15, 0.2) is 18.2 Å². The lowest BCUT2D eigenvalue weighted by molar-refractivity contribution is -0.123. The van der Waals surface area contributed by atoms with Crippen LogP contribution in [0.4, 0.5) is 0 Å². The van der Waals surface area contributed by atoms with Crippen molar-refractivity contribution in [2.75, 3.05) is 27.3 Å². The Balaban J connectivity index is 0.00000312. The highest BCUT2D eigenvalue weighted by atomic mass is 35.5. The first kappa shape index (κ1) is 21.5. The maximum atomic E-state index is 12.0. The Hall–Kier alpha value is -1.50. The number of nitrogens with two attached hydrogens (primary N) is 1. The molecular weight excluding hydrogens is 342 g/mol. The van der Waals surface area contributed by atoms with Crippen LogP contribution in [-0.4, -0.2) is 50.2 Å².